The number of hydrogen-bond donors (Lipinski definition) is 1. The molecule has 0 aliphatic rings. The van der Waals surface area contributed by atoms with Crippen molar-refractivity contribution in [3.8, 4) is 0 Å². The zero-order chi connectivity index (χ0) is 15.8. The van der Waals surface area contributed by atoms with Gasteiger partial charge in [-0.2, -0.15) is 0 Å². The van der Waals surface area contributed by atoms with Crippen molar-refractivity contribution in [1.82, 2.24) is 5.32 Å². The fraction of sp³-hybridized carbons (Fsp3) is 0.375. The van der Waals surface area contributed by atoms with E-state index in [0.29, 0.717) is 13.1 Å². The standard InChI is InChI=1S/C16H23N3O2/c1-5-11-17-16(21)10-12-19(13(2)20)15-8-6-14(7-9-15)18(3)4/h5-9H,1,10-12H2,2-4H3,(H,17,21). The molecule has 0 unspecified atom stereocenters. The number of benzene rings is 1. The minimum Gasteiger partial charge on any atom is -0.378 e. The average molecular weight is 289 g/mol. The Kier molecular flexibility index (Phi) is 6.46. The monoisotopic (exact) mass is 289 g/mol. The molecule has 0 heterocycles. The highest BCUT2D eigenvalue weighted by atomic mass is 16.2. The van der Waals surface area contributed by atoms with Crippen molar-refractivity contribution in [2.45, 2.75) is 13.3 Å². The van der Waals surface area contributed by atoms with E-state index in [0.717, 1.165) is 11.4 Å². The van der Waals surface area contributed by atoms with E-state index >= 15 is 0 Å². The maximum Gasteiger partial charge on any atom is 0.223 e. The Bertz CT molecular complexity index is 495. The summed E-state index contributed by atoms with van der Waals surface area (Å²) in [5.74, 6) is -0.171. The van der Waals surface area contributed by atoms with Gasteiger partial charge in [-0.1, -0.05) is 6.08 Å². The number of rotatable bonds is 7. The molecule has 0 atom stereocenters. The summed E-state index contributed by atoms with van der Waals surface area (Å²) in [6, 6.07) is 7.67. The van der Waals surface area contributed by atoms with E-state index in [9.17, 15) is 9.59 Å². The molecule has 2 amide bonds. The summed E-state index contributed by atoms with van der Waals surface area (Å²) in [6.45, 7) is 5.85. The highest BCUT2D eigenvalue weighted by molar-refractivity contribution is 5.92. The molecule has 0 spiro atoms. The zero-order valence-corrected chi connectivity index (χ0v) is 12.9. The van der Waals surface area contributed by atoms with Crippen LogP contribution in [-0.2, 0) is 9.59 Å². The lowest BCUT2D eigenvalue weighted by molar-refractivity contribution is -0.120. The van der Waals surface area contributed by atoms with E-state index in [2.05, 4.69) is 11.9 Å². The lowest BCUT2D eigenvalue weighted by Gasteiger charge is -2.22. The van der Waals surface area contributed by atoms with E-state index in [-0.39, 0.29) is 18.2 Å². The Morgan fingerprint density at radius 1 is 1.19 bits per heavy atom. The summed E-state index contributed by atoms with van der Waals surface area (Å²) in [4.78, 5) is 27.0. The highest BCUT2D eigenvalue weighted by Gasteiger charge is 2.13. The van der Waals surface area contributed by atoms with E-state index in [1.807, 2.05) is 43.3 Å². The highest BCUT2D eigenvalue weighted by Crippen LogP contribution is 2.19. The molecular formula is C16H23N3O2. The second kappa shape index (κ2) is 8.09. The largest absolute Gasteiger partial charge is 0.378 e. The van der Waals surface area contributed by atoms with Crippen molar-refractivity contribution in [1.29, 1.82) is 0 Å². The summed E-state index contributed by atoms with van der Waals surface area (Å²) in [5.41, 5.74) is 1.86. The van der Waals surface area contributed by atoms with E-state index in [1.165, 1.54) is 6.92 Å². The summed E-state index contributed by atoms with van der Waals surface area (Å²) < 4.78 is 0. The molecule has 114 valence electrons. The van der Waals surface area contributed by atoms with Crippen LogP contribution in [0.2, 0.25) is 0 Å². The van der Waals surface area contributed by atoms with E-state index in [4.69, 9.17) is 0 Å². The normalized spacial score (nSPS) is 9.86. The minimum atomic E-state index is -0.0916. The van der Waals surface area contributed by atoms with Crippen LogP contribution in [0.4, 0.5) is 11.4 Å². The van der Waals surface area contributed by atoms with Gasteiger partial charge in [0, 0.05) is 51.9 Å². The predicted octanol–water partition coefficient (Wildman–Crippen LogP) is 1.80. The van der Waals surface area contributed by atoms with Gasteiger partial charge in [0.1, 0.15) is 0 Å². The van der Waals surface area contributed by atoms with Gasteiger partial charge in [0.15, 0.2) is 0 Å². The first-order valence-corrected chi connectivity index (χ1v) is 6.88. The van der Waals surface area contributed by atoms with Gasteiger partial charge in [-0.3, -0.25) is 9.59 Å². The Labute approximate surface area is 126 Å². The molecule has 0 aromatic heterocycles. The Morgan fingerprint density at radius 3 is 2.24 bits per heavy atom. The van der Waals surface area contributed by atoms with Crippen LogP contribution in [-0.4, -0.2) is 39.0 Å². The first kappa shape index (κ1) is 16.8. The molecule has 0 aliphatic heterocycles. The van der Waals surface area contributed by atoms with Crippen molar-refractivity contribution < 1.29 is 9.59 Å². The third kappa shape index (κ3) is 5.30. The maximum absolute atomic E-state index is 11.8. The molecule has 1 N–H and O–H groups in total. The molecule has 0 fully saturated rings. The number of nitrogens with zero attached hydrogens (tertiary/aromatic N) is 2. The molecule has 1 rings (SSSR count). The van der Waals surface area contributed by atoms with E-state index < -0.39 is 0 Å². The SMILES string of the molecule is C=CCNC(=O)CCN(C(C)=O)c1ccc(N(C)C)cc1. The van der Waals surface area contributed by atoms with Gasteiger partial charge in [0.05, 0.1) is 0 Å². The van der Waals surface area contributed by atoms with Crippen LogP contribution >= 0.6 is 0 Å². The minimum absolute atomic E-state index is 0.0795. The summed E-state index contributed by atoms with van der Waals surface area (Å²) in [6.07, 6.45) is 1.89. The quantitative estimate of drug-likeness (QED) is 0.779. The van der Waals surface area contributed by atoms with Crippen molar-refractivity contribution >= 4 is 23.2 Å². The second-order valence-electron chi connectivity index (χ2n) is 4.92. The summed E-state index contributed by atoms with van der Waals surface area (Å²) in [7, 11) is 3.92. The number of anilines is 2. The smallest absolute Gasteiger partial charge is 0.223 e. The molecule has 0 saturated heterocycles. The topological polar surface area (TPSA) is 52.7 Å². The molecule has 5 nitrogen and oxygen atoms in total. The lowest BCUT2D eigenvalue weighted by atomic mass is 10.2. The third-order valence-electron chi connectivity index (χ3n) is 3.06. The Hall–Kier alpha value is -2.30. The molecule has 1 aromatic rings. The number of carbonyl (C=O) groups is 2. The van der Waals surface area contributed by atoms with Crippen LogP contribution in [0.1, 0.15) is 13.3 Å². The van der Waals surface area contributed by atoms with Crippen LogP contribution in [0.15, 0.2) is 36.9 Å². The van der Waals surface area contributed by atoms with Crippen LogP contribution in [0.3, 0.4) is 0 Å². The van der Waals surface area contributed by atoms with Crippen molar-refractivity contribution in [2.75, 3.05) is 37.0 Å². The molecule has 0 aliphatic carbocycles. The number of amides is 2. The fourth-order valence-corrected chi connectivity index (χ4v) is 1.89. The van der Waals surface area contributed by atoms with Crippen LogP contribution in [0.5, 0.6) is 0 Å². The van der Waals surface area contributed by atoms with Gasteiger partial charge in [0.2, 0.25) is 11.8 Å². The lowest BCUT2D eigenvalue weighted by Crippen LogP contribution is -2.33. The van der Waals surface area contributed by atoms with Gasteiger partial charge < -0.3 is 15.1 Å². The van der Waals surface area contributed by atoms with Crippen LogP contribution in [0.25, 0.3) is 0 Å². The predicted molar refractivity (Wildman–Crippen MR) is 86.6 cm³/mol. The summed E-state index contributed by atoms with van der Waals surface area (Å²) in [5, 5.41) is 2.70. The van der Waals surface area contributed by atoms with Gasteiger partial charge >= 0.3 is 0 Å². The number of hydrogen-bond acceptors (Lipinski definition) is 3. The van der Waals surface area contributed by atoms with Gasteiger partial charge in [-0.25, -0.2) is 0 Å². The van der Waals surface area contributed by atoms with Crippen molar-refractivity contribution in [3.63, 3.8) is 0 Å². The van der Waals surface area contributed by atoms with Crippen molar-refractivity contribution in [3.05, 3.63) is 36.9 Å². The fourth-order valence-electron chi connectivity index (χ4n) is 1.89. The van der Waals surface area contributed by atoms with Crippen LogP contribution < -0.4 is 15.1 Å². The maximum atomic E-state index is 11.8. The average Bonchev–Trinajstić information content (AvgIpc) is 2.45. The zero-order valence-electron chi connectivity index (χ0n) is 12.9. The third-order valence-corrected chi connectivity index (χ3v) is 3.06. The number of nitrogens with one attached hydrogen (secondary N) is 1. The molecule has 0 radical (unpaired) electrons. The van der Waals surface area contributed by atoms with Gasteiger partial charge in [-0.15, -0.1) is 6.58 Å². The molecule has 1 aromatic carbocycles. The van der Waals surface area contributed by atoms with Crippen molar-refractivity contribution in [2.24, 2.45) is 0 Å². The van der Waals surface area contributed by atoms with Gasteiger partial charge in [-0.05, 0) is 24.3 Å². The van der Waals surface area contributed by atoms with Gasteiger partial charge in [0.25, 0.3) is 0 Å². The first-order valence-electron chi connectivity index (χ1n) is 6.88. The molecular weight excluding hydrogens is 266 g/mol. The first-order chi connectivity index (χ1) is 9.95. The summed E-state index contributed by atoms with van der Waals surface area (Å²) >= 11 is 0. The molecule has 21 heavy (non-hydrogen) atoms. The molecule has 0 saturated carbocycles. The van der Waals surface area contributed by atoms with E-state index in [1.54, 1.807) is 11.0 Å². The molecule has 5 heteroatoms. The number of carbonyl (C=O) groups excluding carboxylic acids is 2. The van der Waals surface area contributed by atoms with Crippen LogP contribution in [0, 0.1) is 0 Å². The Morgan fingerprint density at radius 2 is 1.76 bits per heavy atom. The Balaban J connectivity index is 2.71. The molecule has 0 bridgehead atoms. The second-order valence-corrected chi connectivity index (χ2v) is 4.92.